The predicted octanol–water partition coefficient (Wildman–Crippen LogP) is 0.636. The number of nitrogens with one attached hydrogen (secondary N) is 1. The maximum atomic E-state index is 5.55. The Morgan fingerprint density at radius 1 is 1.26 bits per heavy atom. The first kappa shape index (κ1) is 11.8. The Kier molecular flexibility index (Phi) is 3.18. The lowest BCUT2D eigenvalue weighted by molar-refractivity contribution is 0.171. The summed E-state index contributed by atoms with van der Waals surface area (Å²) in [6.45, 7) is 1.99. The van der Waals surface area contributed by atoms with Gasteiger partial charge in [-0.1, -0.05) is 11.2 Å². The van der Waals surface area contributed by atoms with E-state index in [0.29, 0.717) is 19.2 Å². The van der Waals surface area contributed by atoms with Crippen LogP contribution in [-0.4, -0.2) is 40.0 Å². The smallest absolute Gasteiger partial charge is 0.242 e. The molecule has 7 heteroatoms. The van der Waals surface area contributed by atoms with Gasteiger partial charge in [-0.05, 0) is 34.5 Å². The molecule has 1 aromatic carbocycles. The molecule has 7 nitrogen and oxygen atoms in total. The maximum Gasteiger partial charge on any atom is 0.242 e. The third kappa shape index (κ3) is 2.59. The van der Waals surface area contributed by atoms with Crippen LogP contribution in [-0.2, 0) is 13.5 Å². The van der Waals surface area contributed by atoms with Gasteiger partial charge in [0.25, 0.3) is 0 Å². The fourth-order valence-corrected chi connectivity index (χ4v) is 1.94. The molecular weight excluding hydrogens is 246 g/mol. The van der Waals surface area contributed by atoms with Crippen molar-refractivity contribution >= 4 is 5.95 Å². The van der Waals surface area contributed by atoms with E-state index in [0.717, 1.165) is 24.5 Å². The van der Waals surface area contributed by atoms with E-state index >= 15 is 0 Å². The van der Waals surface area contributed by atoms with Crippen LogP contribution in [0.1, 0.15) is 5.56 Å². The second kappa shape index (κ2) is 5.13. The SMILES string of the molecule is Cn1nnnc1NCCc1ccc2c(c1)OCCO2. The van der Waals surface area contributed by atoms with Crippen molar-refractivity contribution in [1.29, 1.82) is 0 Å². The Labute approximate surface area is 110 Å². The Morgan fingerprint density at radius 3 is 2.89 bits per heavy atom. The summed E-state index contributed by atoms with van der Waals surface area (Å²) < 4.78 is 12.6. The number of anilines is 1. The van der Waals surface area contributed by atoms with E-state index in [2.05, 4.69) is 20.8 Å². The van der Waals surface area contributed by atoms with E-state index < -0.39 is 0 Å². The minimum atomic E-state index is 0.610. The molecule has 0 saturated carbocycles. The van der Waals surface area contributed by atoms with Crippen molar-refractivity contribution in [3.8, 4) is 11.5 Å². The fourth-order valence-electron chi connectivity index (χ4n) is 1.94. The lowest BCUT2D eigenvalue weighted by Crippen LogP contribution is -2.15. The molecule has 1 aromatic heterocycles. The molecule has 1 aliphatic rings. The number of rotatable bonds is 4. The second-order valence-electron chi connectivity index (χ2n) is 4.28. The van der Waals surface area contributed by atoms with Gasteiger partial charge in [0.05, 0.1) is 0 Å². The summed E-state index contributed by atoms with van der Waals surface area (Å²) in [6, 6.07) is 6.02. The Hall–Kier alpha value is -2.31. The summed E-state index contributed by atoms with van der Waals surface area (Å²) in [5.74, 6) is 2.31. The summed E-state index contributed by atoms with van der Waals surface area (Å²) in [7, 11) is 1.80. The van der Waals surface area contributed by atoms with E-state index in [1.54, 1.807) is 11.7 Å². The third-order valence-electron chi connectivity index (χ3n) is 2.92. The standard InChI is InChI=1S/C12H15N5O2/c1-17-12(14-15-16-17)13-5-4-9-2-3-10-11(8-9)19-7-6-18-10/h2-3,8H,4-7H2,1H3,(H,13,14,16). The number of fused-ring (bicyclic) bond motifs is 1. The molecule has 19 heavy (non-hydrogen) atoms. The van der Waals surface area contributed by atoms with Crippen LogP contribution in [0.15, 0.2) is 18.2 Å². The van der Waals surface area contributed by atoms with Crippen LogP contribution in [0, 0.1) is 0 Å². The Morgan fingerprint density at radius 2 is 2.11 bits per heavy atom. The minimum absolute atomic E-state index is 0.610. The van der Waals surface area contributed by atoms with E-state index in [9.17, 15) is 0 Å². The van der Waals surface area contributed by atoms with Crippen molar-refractivity contribution < 1.29 is 9.47 Å². The number of hydrogen-bond donors (Lipinski definition) is 1. The zero-order chi connectivity index (χ0) is 13.1. The summed E-state index contributed by atoms with van der Waals surface area (Å²) >= 11 is 0. The summed E-state index contributed by atoms with van der Waals surface area (Å²) in [5, 5.41) is 14.4. The topological polar surface area (TPSA) is 74.1 Å². The average molecular weight is 261 g/mol. The van der Waals surface area contributed by atoms with Crippen LogP contribution in [0.4, 0.5) is 5.95 Å². The van der Waals surface area contributed by atoms with E-state index in [-0.39, 0.29) is 0 Å². The number of hydrogen-bond acceptors (Lipinski definition) is 6. The van der Waals surface area contributed by atoms with Crippen molar-refractivity contribution in [3.63, 3.8) is 0 Å². The lowest BCUT2D eigenvalue weighted by Gasteiger charge is -2.18. The molecule has 0 saturated heterocycles. The molecule has 0 unspecified atom stereocenters. The van der Waals surface area contributed by atoms with Gasteiger partial charge in [0, 0.05) is 13.6 Å². The number of benzene rings is 1. The van der Waals surface area contributed by atoms with Gasteiger partial charge in [-0.25, -0.2) is 4.68 Å². The molecule has 0 aliphatic carbocycles. The summed E-state index contributed by atoms with van der Waals surface area (Å²) in [5.41, 5.74) is 1.19. The third-order valence-corrected chi connectivity index (χ3v) is 2.92. The van der Waals surface area contributed by atoms with E-state index in [1.165, 1.54) is 5.56 Å². The van der Waals surface area contributed by atoms with Crippen LogP contribution < -0.4 is 14.8 Å². The summed E-state index contributed by atoms with van der Waals surface area (Å²) in [6.07, 6.45) is 0.865. The summed E-state index contributed by atoms with van der Waals surface area (Å²) in [4.78, 5) is 0. The molecule has 2 heterocycles. The van der Waals surface area contributed by atoms with Gasteiger partial charge in [-0.3, -0.25) is 0 Å². The normalized spacial score (nSPS) is 13.3. The molecule has 1 N–H and O–H groups in total. The molecular formula is C12H15N5O2. The van der Waals surface area contributed by atoms with Gasteiger partial charge in [0.2, 0.25) is 5.95 Å². The quantitative estimate of drug-likeness (QED) is 0.870. The minimum Gasteiger partial charge on any atom is -0.486 e. The van der Waals surface area contributed by atoms with Crippen molar-refractivity contribution in [2.45, 2.75) is 6.42 Å². The number of ether oxygens (including phenoxy) is 2. The molecule has 100 valence electrons. The van der Waals surface area contributed by atoms with Gasteiger partial charge in [-0.2, -0.15) is 0 Å². The molecule has 0 bridgehead atoms. The van der Waals surface area contributed by atoms with Gasteiger partial charge in [0.1, 0.15) is 13.2 Å². The van der Waals surface area contributed by atoms with Crippen LogP contribution >= 0.6 is 0 Å². The first-order valence-corrected chi connectivity index (χ1v) is 6.18. The maximum absolute atomic E-state index is 5.55. The van der Waals surface area contributed by atoms with E-state index in [1.807, 2.05) is 18.2 Å². The molecule has 1 aliphatic heterocycles. The van der Waals surface area contributed by atoms with Gasteiger partial charge in [0.15, 0.2) is 11.5 Å². The lowest BCUT2D eigenvalue weighted by atomic mass is 10.1. The molecule has 2 aromatic rings. The fraction of sp³-hybridized carbons (Fsp3) is 0.417. The highest BCUT2D eigenvalue weighted by Crippen LogP contribution is 2.30. The number of aromatic nitrogens is 4. The highest BCUT2D eigenvalue weighted by Gasteiger charge is 2.11. The number of aryl methyl sites for hydroxylation is 1. The highest BCUT2D eigenvalue weighted by atomic mass is 16.6. The average Bonchev–Trinajstić information content (AvgIpc) is 2.84. The van der Waals surface area contributed by atoms with Crippen molar-refractivity contribution in [3.05, 3.63) is 23.8 Å². The monoisotopic (exact) mass is 261 g/mol. The number of nitrogens with zero attached hydrogens (tertiary/aromatic N) is 4. The zero-order valence-corrected chi connectivity index (χ0v) is 10.7. The number of tetrazole rings is 1. The molecule has 0 fully saturated rings. The first-order valence-electron chi connectivity index (χ1n) is 6.18. The largest absolute Gasteiger partial charge is 0.486 e. The van der Waals surface area contributed by atoms with Crippen molar-refractivity contribution in [1.82, 2.24) is 20.2 Å². The van der Waals surface area contributed by atoms with Crippen molar-refractivity contribution in [2.75, 3.05) is 25.1 Å². The predicted molar refractivity (Wildman–Crippen MR) is 68.4 cm³/mol. The van der Waals surface area contributed by atoms with Crippen LogP contribution in [0.5, 0.6) is 11.5 Å². The molecule has 0 amide bonds. The van der Waals surface area contributed by atoms with Crippen LogP contribution in [0.2, 0.25) is 0 Å². The van der Waals surface area contributed by atoms with Crippen LogP contribution in [0.3, 0.4) is 0 Å². The molecule has 3 rings (SSSR count). The molecule has 0 spiro atoms. The van der Waals surface area contributed by atoms with Gasteiger partial charge >= 0.3 is 0 Å². The molecule has 0 radical (unpaired) electrons. The zero-order valence-electron chi connectivity index (χ0n) is 10.7. The van der Waals surface area contributed by atoms with Gasteiger partial charge in [-0.15, -0.1) is 0 Å². The van der Waals surface area contributed by atoms with Crippen molar-refractivity contribution in [2.24, 2.45) is 7.05 Å². The first-order chi connectivity index (χ1) is 9.33. The highest BCUT2D eigenvalue weighted by molar-refractivity contribution is 5.44. The Balaban J connectivity index is 1.59. The van der Waals surface area contributed by atoms with Gasteiger partial charge < -0.3 is 14.8 Å². The molecule has 0 atom stereocenters. The van der Waals surface area contributed by atoms with E-state index in [4.69, 9.17) is 9.47 Å². The second-order valence-corrected chi connectivity index (χ2v) is 4.28. The Bertz CT molecular complexity index is 569. The van der Waals surface area contributed by atoms with Crippen LogP contribution in [0.25, 0.3) is 0 Å².